The predicted molar refractivity (Wildman–Crippen MR) is 130 cm³/mol. The van der Waals surface area contributed by atoms with E-state index < -0.39 is 40.9 Å². The lowest BCUT2D eigenvalue weighted by Gasteiger charge is -2.44. The van der Waals surface area contributed by atoms with Crippen LogP contribution in [0.1, 0.15) is 51.2 Å². The molecule has 3 aliphatic rings. The standard InChI is InChI=1S/C28H24F3N3O4/c29-18-8-21(30)19(22(31)9-18)11-32-26(36)20-13-33-15-28-7-6-17(10-28)12-34(28)27(37)23(33)25(24(20)35)38-14-16-4-2-1-3-5-16/h1-5,8-9,13,17H,6-7,10-12,14-15H2,(H,32,36)/t17-,28+/m1/s1. The smallest absolute Gasteiger partial charge is 0.275 e. The highest BCUT2D eigenvalue weighted by Crippen LogP contribution is 2.50. The maximum atomic E-state index is 14.1. The molecule has 1 spiro atoms. The van der Waals surface area contributed by atoms with Gasteiger partial charge in [-0.15, -0.1) is 0 Å². The first-order valence-corrected chi connectivity index (χ1v) is 12.4. The van der Waals surface area contributed by atoms with Crippen LogP contribution in [-0.2, 0) is 19.7 Å². The van der Waals surface area contributed by atoms with Crippen molar-refractivity contribution in [1.82, 2.24) is 14.8 Å². The summed E-state index contributed by atoms with van der Waals surface area (Å²) < 4.78 is 48.9. The number of carbonyl (C=O) groups excluding carboxylic acids is 2. The number of hydrogen-bond donors (Lipinski definition) is 1. The van der Waals surface area contributed by atoms with Gasteiger partial charge in [-0.2, -0.15) is 0 Å². The zero-order chi connectivity index (χ0) is 26.6. The van der Waals surface area contributed by atoms with E-state index in [1.54, 1.807) is 4.57 Å². The van der Waals surface area contributed by atoms with Crippen LogP contribution in [0.3, 0.4) is 0 Å². The maximum Gasteiger partial charge on any atom is 0.275 e. The van der Waals surface area contributed by atoms with Gasteiger partial charge in [0.2, 0.25) is 5.43 Å². The van der Waals surface area contributed by atoms with Gasteiger partial charge >= 0.3 is 0 Å². The minimum absolute atomic E-state index is 0.00119. The Morgan fingerprint density at radius 1 is 1.11 bits per heavy atom. The minimum atomic E-state index is -1.15. The molecule has 3 aromatic rings. The molecule has 2 fully saturated rings. The fourth-order valence-corrected chi connectivity index (χ4v) is 6.05. The van der Waals surface area contributed by atoms with Crippen molar-refractivity contribution in [2.75, 3.05) is 6.54 Å². The monoisotopic (exact) mass is 523 g/mol. The molecule has 1 saturated carbocycles. The van der Waals surface area contributed by atoms with Crippen LogP contribution in [0.2, 0.25) is 0 Å². The Kier molecular flexibility index (Phi) is 5.77. The molecule has 0 unspecified atom stereocenters. The van der Waals surface area contributed by atoms with Crippen molar-refractivity contribution < 1.29 is 27.5 Å². The Morgan fingerprint density at radius 3 is 2.55 bits per heavy atom. The predicted octanol–water partition coefficient (Wildman–Crippen LogP) is 3.78. The van der Waals surface area contributed by atoms with Gasteiger partial charge < -0.3 is 19.5 Å². The van der Waals surface area contributed by atoms with Crippen molar-refractivity contribution in [2.24, 2.45) is 5.92 Å². The number of nitrogens with one attached hydrogen (secondary N) is 1. The van der Waals surface area contributed by atoms with Gasteiger partial charge in [0.05, 0.1) is 5.54 Å². The highest BCUT2D eigenvalue weighted by atomic mass is 19.1. The molecule has 2 bridgehead atoms. The Labute approximate surface area is 215 Å². The number of fused-ring (bicyclic) bond motifs is 2. The summed E-state index contributed by atoms with van der Waals surface area (Å²) in [7, 11) is 0. The number of rotatable bonds is 6. The van der Waals surface area contributed by atoms with Crippen LogP contribution in [-0.4, -0.2) is 33.4 Å². The summed E-state index contributed by atoms with van der Waals surface area (Å²) in [6, 6.07) is 10.1. The van der Waals surface area contributed by atoms with Crippen molar-refractivity contribution >= 4 is 11.8 Å². The van der Waals surface area contributed by atoms with Gasteiger partial charge in [-0.05, 0) is 30.7 Å². The lowest BCUT2D eigenvalue weighted by atomic mass is 9.93. The van der Waals surface area contributed by atoms with Gasteiger partial charge in [0, 0.05) is 43.5 Å². The molecule has 1 aliphatic carbocycles. The summed E-state index contributed by atoms with van der Waals surface area (Å²) in [5, 5.41) is 2.35. The van der Waals surface area contributed by atoms with Gasteiger partial charge in [-0.3, -0.25) is 14.4 Å². The van der Waals surface area contributed by atoms with Crippen molar-refractivity contribution in [3.05, 3.63) is 98.7 Å². The van der Waals surface area contributed by atoms with Crippen molar-refractivity contribution in [2.45, 2.75) is 44.5 Å². The second-order valence-electron chi connectivity index (χ2n) is 10.2. The van der Waals surface area contributed by atoms with Crippen LogP contribution >= 0.6 is 0 Å². The number of nitrogens with zero attached hydrogens (tertiary/aromatic N) is 2. The summed E-state index contributed by atoms with van der Waals surface area (Å²) in [5.74, 6) is -4.41. The third-order valence-corrected chi connectivity index (χ3v) is 7.85. The topological polar surface area (TPSA) is 80.6 Å². The summed E-state index contributed by atoms with van der Waals surface area (Å²) in [6.45, 7) is 0.438. The van der Waals surface area contributed by atoms with E-state index >= 15 is 0 Å². The number of piperidine rings is 1. The molecule has 38 heavy (non-hydrogen) atoms. The van der Waals surface area contributed by atoms with Crippen LogP contribution in [0.15, 0.2) is 53.5 Å². The van der Waals surface area contributed by atoms with Gasteiger partial charge in [0.15, 0.2) is 11.4 Å². The summed E-state index contributed by atoms with van der Waals surface area (Å²) in [6.07, 6.45) is 4.03. The minimum Gasteiger partial charge on any atom is -0.483 e. The highest BCUT2D eigenvalue weighted by Gasteiger charge is 2.56. The second-order valence-corrected chi connectivity index (χ2v) is 10.2. The molecular weight excluding hydrogens is 499 g/mol. The molecular formula is C28H24F3N3O4. The quantitative estimate of drug-likeness (QED) is 0.534. The second kappa shape index (κ2) is 9.04. The molecule has 3 heterocycles. The van der Waals surface area contributed by atoms with Crippen molar-refractivity contribution in [3.8, 4) is 5.75 Å². The molecule has 7 nitrogen and oxygen atoms in total. The number of ether oxygens (including phenoxy) is 1. The van der Waals surface area contributed by atoms with Crippen LogP contribution in [0.5, 0.6) is 5.75 Å². The number of halogens is 3. The van der Waals surface area contributed by atoms with Gasteiger partial charge in [0.1, 0.15) is 29.6 Å². The Morgan fingerprint density at radius 2 is 1.84 bits per heavy atom. The first-order valence-electron chi connectivity index (χ1n) is 12.4. The number of amides is 2. The van der Waals surface area contributed by atoms with Crippen LogP contribution in [0, 0.1) is 23.4 Å². The zero-order valence-corrected chi connectivity index (χ0v) is 20.3. The summed E-state index contributed by atoms with van der Waals surface area (Å²) >= 11 is 0. The number of pyridine rings is 1. The van der Waals surface area contributed by atoms with Crippen LogP contribution < -0.4 is 15.5 Å². The van der Waals surface area contributed by atoms with E-state index in [1.165, 1.54) is 6.20 Å². The number of hydrogen-bond acceptors (Lipinski definition) is 4. The Hall–Kier alpha value is -4.08. The molecule has 2 aliphatic heterocycles. The van der Waals surface area contributed by atoms with E-state index in [0.717, 1.165) is 24.8 Å². The lowest BCUT2D eigenvalue weighted by molar-refractivity contribution is 0.0394. The van der Waals surface area contributed by atoms with Gasteiger partial charge in [-0.25, -0.2) is 13.2 Å². The first kappa shape index (κ1) is 24.3. The molecule has 6 rings (SSSR count). The van der Waals surface area contributed by atoms with Crippen molar-refractivity contribution in [3.63, 3.8) is 0 Å². The third kappa shape index (κ3) is 3.95. The fourth-order valence-electron chi connectivity index (χ4n) is 6.05. The Balaban J connectivity index is 1.37. The van der Waals surface area contributed by atoms with Crippen molar-refractivity contribution in [1.29, 1.82) is 0 Å². The molecule has 1 N–H and O–H groups in total. The zero-order valence-electron chi connectivity index (χ0n) is 20.3. The maximum absolute atomic E-state index is 14.1. The van der Waals surface area contributed by atoms with E-state index in [4.69, 9.17) is 4.74 Å². The average molecular weight is 524 g/mol. The molecule has 2 atom stereocenters. The molecule has 196 valence electrons. The molecule has 1 saturated heterocycles. The average Bonchev–Trinajstić information content (AvgIpc) is 3.46. The van der Waals surface area contributed by atoms with Gasteiger partial charge in [0.25, 0.3) is 11.8 Å². The molecule has 2 aromatic carbocycles. The van der Waals surface area contributed by atoms with E-state index in [0.29, 0.717) is 31.1 Å². The molecule has 10 heteroatoms. The van der Waals surface area contributed by atoms with Crippen LogP contribution in [0.4, 0.5) is 13.2 Å². The first-order chi connectivity index (χ1) is 18.3. The SMILES string of the molecule is O=C(NCc1c(F)cc(F)cc1F)c1cn2c(c(OCc3ccccc3)c1=O)C(=O)N1C[C@@H]3CC[C@]1(C3)C2. The number of aromatic nitrogens is 1. The van der Waals surface area contributed by atoms with E-state index in [9.17, 15) is 27.6 Å². The lowest BCUT2D eigenvalue weighted by Crippen LogP contribution is -2.56. The van der Waals surface area contributed by atoms with E-state index in [-0.39, 0.29) is 35.1 Å². The molecule has 2 amide bonds. The Bertz CT molecular complexity index is 1500. The number of benzene rings is 2. The fraction of sp³-hybridized carbons (Fsp3) is 0.321. The summed E-state index contributed by atoms with van der Waals surface area (Å²) in [5.41, 5.74) is -1.15. The third-order valence-electron chi connectivity index (χ3n) is 7.85. The highest BCUT2D eigenvalue weighted by molar-refractivity contribution is 5.99. The van der Waals surface area contributed by atoms with E-state index in [2.05, 4.69) is 5.32 Å². The molecule has 1 aromatic heterocycles. The summed E-state index contributed by atoms with van der Waals surface area (Å²) in [4.78, 5) is 42.1. The normalized spacial score (nSPS) is 21.3. The largest absolute Gasteiger partial charge is 0.483 e. The van der Waals surface area contributed by atoms with E-state index in [1.807, 2.05) is 35.2 Å². The molecule has 0 radical (unpaired) electrons. The number of carbonyl (C=O) groups is 2. The van der Waals surface area contributed by atoms with Crippen LogP contribution in [0.25, 0.3) is 0 Å². The van der Waals surface area contributed by atoms with Gasteiger partial charge in [-0.1, -0.05) is 30.3 Å².